The molecule has 9 nitrogen and oxygen atoms in total. The standard InChI is InChI=1S/C28H20ClF3N8O/c1-38-16-18(15-33-38)22-21(29)25(40(37-22)19-11-6-3-7-12-19)35-27(41)36-26-23(17-9-4-2-5-10-17)34-24-20(28(30,31)32)13-8-14-39(24)26/h2-16H,1H3,(H2,35,36,41). The van der Waals surface area contributed by atoms with Crippen LogP contribution in [0.5, 0.6) is 0 Å². The quantitative estimate of drug-likeness (QED) is 0.233. The van der Waals surface area contributed by atoms with Crippen molar-refractivity contribution in [3.8, 4) is 28.2 Å². The Morgan fingerprint density at radius 3 is 2.22 bits per heavy atom. The third-order valence-corrected chi connectivity index (χ3v) is 6.63. The first kappa shape index (κ1) is 26.1. The van der Waals surface area contributed by atoms with Crippen LogP contribution in [0.3, 0.4) is 0 Å². The minimum Gasteiger partial charge on any atom is -0.291 e. The van der Waals surface area contributed by atoms with Crippen molar-refractivity contribution in [1.29, 1.82) is 0 Å². The van der Waals surface area contributed by atoms with Gasteiger partial charge < -0.3 is 0 Å². The van der Waals surface area contributed by atoms with Gasteiger partial charge in [0, 0.05) is 30.6 Å². The number of pyridine rings is 1. The second kappa shape index (κ2) is 10.1. The van der Waals surface area contributed by atoms with E-state index in [1.165, 1.54) is 21.3 Å². The molecule has 206 valence electrons. The monoisotopic (exact) mass is 576 g/mol. The van der Waals surface area contributed by atoms with Gasteiger partial charge in [0.05, 0.1) is 17.4 Å². The number of amides is 2. The van der Waals surface area contributed by atoms with Gasteiger partial charge in [-0.05, 0) is 24.3 Å². The van der Waals surface area contributed by atoms with Crippen LogP contribution in [0.25, 0.3) is 33.8 Å². The number of alkyl halides is 3. The Bertz CT molecular complexity index is 1880. The van der Waals surface area contributed by atoms with E-state index < -0.39 is 17.8 Å². The highest BCUT2D eigenvalue weighted by Crippen LogP contribution is 2.38. The first-order chi connectivity index (χ1) is 19.7. The number of nitrogens with one attached hydrogen (secondary N) is 2. The lowest BCUT2D eigenvalue weighted by atomic mass is 10.1. The van der Waals surface area contributed by atoms with E-state index in [2.05, 4.69) is 25.8 Å². The summed E-state index contributed by atoms with van der Waals surface area (Å²) in [5.74, 6) is 0.199. The molecule has 0 bridgehead atoms. The van der Waals surface area contributed by atoms with E-state index in [4.69, 9.17) is 11.6 Å². The third-order valence-electron chi connectivity index (χ3n) is 6.27. The Kier molecular flexibility index (Phi) is 6.46. The molecule has 13 heteroatoms. The van der Waals surface area contributed by atoms with Crippen LogP contribution in [-0.4, -0.2) is 35.0 Å². The summed E-state index contributed by atoms with van der Waals surface area (Å²) in [6.07, 6.45) is 0.0768. The molecule has 41 heavy (non-hydrogen) atoms. The molecule has 6 aromatic rings. The van der Waals surface area contributed by atoms with E-state index in [0.717, 1.165) is 6.07 Å². The number of aromatic nitrogens is 6. The average molecular weight is 577 g/mol. The molecular weight excluding hydrogens is 557 g/mol. The van der Waals surface area contributed by atoms with Gasteiger partial charge in [0.25, 0.3) is 0 Å². The Labute approximate surface area is 235 Å². The van der Waals surface area contributed by atoms with E-state index in [0.29, 0.717) is 22.5 Å². The average Bonchev–Trinajstić information content (AvgIpc) is 3.65. The fraction of sp³-hybridized carbons (Fsp3) is 0.0714. The van der Waals surface area contributed by atoms with Gasteiger partial charge in [-0.25, -0.2) is 14.5 Å². The molecule has 4 heterocycles. The van der Waals surface area contributed by atoms with Crippen molar-refractivity contribution in [3.63, 3.8) is 0 Å². The molecule has 4 aromatic heterocycles. The van der Waals surface area contributed by atoms with E-state index in [1.54, 1.807) is 78.7 Å². The summed E-state index contributed by atoms with van der Waals surface area (Å²) in [6, 6.07) is 19.1. The molecule has 0 unspecified atom stereocenters. The molecule has 0 atom stereocenters. The molecule has 0 fully saturated rings. The molecule has 2 aromatic carbocycles. The zero-order valence-electron chi connectivity index (χ0n) is 21.3. The van der Waals surface area contributed by atoms with Gasteiger partial charge in [-0.15, -0.1) is 0 Å². The van der Waals surface area contributed by atoms with Crippen molar-refractivity contribution >= 4 is 34.9 Å². The van der Waals surface area contributed by atoms with Gasteiger partial charge in [0.15, 0.2) is 11.5 Å². The molecule has 0 saturated carbocycles. The summed E-state index contributed by atoms with van der Waals surface area (Å²) in [6.45, 7) is 0. The van der Waals surface area contributed by atoms with E-state index in [1.807, 2.05) is 6.07 Å². The Morgan fingerprint density at radius 2 is 1.56 bits per heavy atom. The summed E-state index contributed by atoms with van der Waals surface area (Å²) in [4.78, 5) is 17.8. The number of hydrogen-bond donors (Lipinski definition) is 2. The number of rotatable bonds is 5. The molecule has 0 aliphatic carbocycles. The number of carbonyl (C=O) groups excluding carboxylic acids is 1. The molecule has 6 rings (SSSR count). The number of aryl methyl sites for hydroxylation is 1. The van der Waals surface area contributed by atoms with Gasteiger partial charge in [-0.3, -0.25) is 19.7 Å². The maximum absolute atomic E-state index is 13.8. The maximum atomic E-state index is 13.8. The van der Waals surface area contributed by atoms with Crippen LogP contribution in [-0.2, 0) is 13.2 Å². The summed E-state index contributed by atoms with van der Waals surface area (Å²) in [7, 11) is 1.75. The summed E-state index contributed by atoms with van der Waals surface area (Å²) in [5.41, 5.74) is 1.03. The third kappa shape index (κ3) is 4.89. The van der Waals surface area contributed by atoms with Crippen LogP contribution in [0.15, 0.2) is 91.4 Å². The normalized spacial score (nSPS) is 11.6. The minimum absolute atomic E-state index is 0.0455. The van der Waals surface area contributed by atoms with Crippen LogP contribution in [0.4, 0.5) is 29.6 Å². The zero-order chi connectivity index (χ0) is 28.7. The van der Waals surface area contributed by atoms with Gasteiger partial charge in [0.2, 0.25) is 0 Å². The van der Waals surface area contributed by atoms with Crippen molar-refractivity contribution in [2.75, 3.05) is 10.6 Å². The second-order valence-corrected chi connectivity index (χ2v) is 9.41. The molecule has 0 radical (unpaired) electrons. The van der Waals surface area contributed by atoms with Crippen LogP contribution in [0.1, 0.15) is 5.56 Å². The fourth-order valence-electron chi connectivity index (χ4n) is 4.44. The first-order valence-electron chi connectivity index (χ1n) is 12.3. The Balaban J connectivity index is 1.43. The van der Waals surface area contributed by atoms with Crippen molar-refractivity contribution in [1.82, 2.24) is 28.9 Å². The van der Waals surface area contributed by atoms with Crippen molar-refractivity contribution in [2.24, 2.45) is 7.05 Å². The maximum Gasteiger partial charge on any atom is 0.419 e. The molecular formula is C28H20ClF3N8O. The van der Waals surface area contributed by atoms with Crippen molar-refractivity contribution in [2.45, 2.75) is 6.18 Å². The van der Waals surface area contributed by atoms with Crippen LogP contribution < -0.4 is 10.6 Å². The van der Waals surface area contributed by atoms with Gasteiger partial charge in [-0.2, -0.15) is 23.4 Å². The molecule has 2 amide bonds. The molecule has 0 aliphatic heterocycles. The second-order valence-electron chi connectivity index (χ2n) is 9.03. The number of para-hydroxylation sites is 1. The van der Waals surface area contributed by atoms with Gasteiger partial charge in [-0.1, -0.05) is 60.1 Å². The van der Waals surface area contributed by atoms with Gasteiger partial charge >= 0.3 is 12.2 Å². The minimum atomic E-state index is -4.65. The van der Waals surface area contributed by atoms with Crippen LogP contribution in [0.2, 0.25) is 5.02 Å². The molecule has 2 N–H and O–H groups in total. The molecule has 0 aliphatic rings. The lowest BCUT2D eigenvalue weighted by Crippen LogP contribution is -2.22. The predicted molar refractivity (Wildman–Crippen MR) is 149 cm³/mol. The number of carbonyl (C=O) groups is 1. The number of imidazole rings is 1. The highest BCUT2D eigenvalue weighted by Gasteiger charge is 2.35. The van der Waals surface area contributed by atoms with E-state index >= 15 is 0 Å². The number of benzene rings is 2. The number of hydrogen-bond acceptors (Lipinski definition) is 4. The largest absolute Gasteiger partial charge is 0.419 e. The predicted octanol–water partition coefficient (Wildman–Crippen LogP) is 6.90. The summed E-state index contributed by atoms with van der Waals surface area (Å²) < 4.78 is 45.7. The Morgan fingerprint density at radius 1 is 0.878 bits per heavy atom. The van der Waals surface area contributed by atoms with E-state index in [9.17, 15) is 18.0 Å². The number of urea groups is 1. The van der Waals surface area contributed by atoms with Gasteiger partial charge in [0.1, 0.15) is 22.2 Å². The SMILES string of the molecule is Cn1cc(-c2nn(-c3ccccc3)c(NC(=O)Nc3c(-c4ccccc4)nc4c(C(F)(F)F)cccn34)c2Cl)cn1. The first-order valence-corrected chi connectivity index (χ1v) is 12.6. The lowest BCUT2D eigenvalue weighted by Gasteiger charge is -2.12. The number of nitrogens with zero attached hydrogens (tertiary/aromatic N) is 6. The lowest BCUT2D eigenvalue weighted by molar-refractivity contribution is -0.136. The zero-order valence-corrected chi connectivity index (χ0v) is 22.0. The fourth-order valence-corrected chi connectivity index (χ4v) is 4.72. The summed E-state index contributed by atoms with van der Waals surface area (Å²) in [5, 5.41) is 14.3. The molecule has 0 saturated heterocycles. The summed E-state index contributed by atoms with van der Waals surface area (Å²) >= 11 is 6.74. The highest BCUT2D eigenvalue weighted by atomic mass is 35.5. The number of halogens is 4. The smallest absolute Gasteiger partial charge is 0.291 e. The number of anilines is 2. The van der Waals surface area contributed by atoms with Crippen LogP contribution in [0, 0.1) is 0 Å². The number of fused-ring (bicyclic) bond motifs is 1. The molecule has 0 spiro atoms. The van der Waals surface area contributed by atoms with E-state index in [-0.39, 0.29) is 28.0 Å². The Hall–Kier alpha value is -5.10. The van der Waals surface area contributed by atoms with Crippen molar-refractivity contribution in [3.05, 3.63) is 102 Å². The van der Waals surface area contributed by atoms with Crippen molar-refractivity contribution < 1.29 is 18.0 Å². The topological polar surface area (TPSA) is 94.1 Å². The van der Waals surface area contributed by atoms with Crippen LogP contribution >= 0.6 is 11.6 Å². The highest BCUT2D eigenvalue weighted by molar-refractivity contribution is 6.36.